The van der Waals surface area contributed by atoms with Gasteiger partial charge in [-0.2, -0.15) is 0 Å². The van der Waals surface area contributed by atoms with E-state index in [0.29, 0.717) is 12.6 Å². The minimum absolute atomic E-state index is 0.133. The molecule has 4 heteroatoms. The third-order valence-corrected chi connectivity index (χ3v) is 3.01. The Labute approximate surface area is 91.5 Å². The number of rotatable bonds is 4. The molecule has 4 nitrogen and oxygen atoms in total. The van der Waals surface area contributed by atoms with Gasteiger partial charge in [0.05, 0.1) is 6.61 Å². The van der Waals surface area contributed by atoms with Crippen molar-refractivity contribution < 1.29 is 14.3 Å². The quantitative estimate of drug-likeness (QED) is 0.657. The fraction of sp³-hybridized carbons (Fsp3) is 0.909. The van der Waals surface area contributed by atoms with E-state index < -0.39 is 0 Å². The fourth-order valence-corrected chi connectivity index (χ4v) is 1.84. The van der Waals surface area contributed by atoms with E-state index in [1.54, 1.807) is 0 Å². The maximum Gasteiger partial charge on any atom is 0.323 e. The van der Waals surface area contributed by atoms with Gasteiger partial charge in [-0.25, -0.2) is 0 Å². The Bertz CT molecular complexity index is 202. The Morgan fingerprint density at radius 2 is 2.13 bits per heavy atom. The third kappa shape index (κ3) is 3.47. The van der Waals surface area contributed by atoms with Crippen LogP contribution in [-0.4, -0.2) is 49.8 Å². The van der Waals surface area contributed by atoms with E-state index in [1.807, 2.05) is 20.9 Å². The summed E-state index contributed by atoms with van der Waals surface area (Å²) in [5.41, 5.74) is 0. The van der Waals surface area contributed by atoms with Crippen molar-refractivity contribution in [1.29, 1.82) is 0 Å². The van der Waals surface area contributed by atoms with Crippen LogP contribution in [0.3, 0.4) is 0 Å². The molecule has 0 spiro atoms. The number of nitrogens with zero attached hydrogens (tertiary/aromatic N) is 1. The molecule has 1 heterocycles. The highest BCUT2D eigenvalue weighted by atomic mass is 16.5. The Morgan fingerprint density at radius 1 is 1.53 bits per heavy atom. The van der Waals surface area contributed by atoms with Crippen molar-refractivity contribution in [1.82, 2.24) is 4.90 Å². The summed E-state index contributed by atoms with van der Waals surface area (Å²) in [6.07, 6.45) is 2.00. The van der Waals surface area contributed by atoms with Crippen LogP contribution in [0, 0.1) is 0 Å². The molecule has 0 bridgehead atoms. The molecule has 0 N–H and O–H groups in total. The molecule has 1 fully saturated rings. The first kappa shape index (κ1) is 12.5. The fourth-order valence-electron chi connectivity index (χ4n) is 1.84. The van der Waals surface area contributed by atoms with Gasteiger partial charge >= 0.3 is 5.97 Å². The summed E-state index contributed by atoms with van der Waals surface area (Å²) in [5.74, 6) is -0.133. The second kappa shape index (κ2) is 6.08. The van der Waals surface area contributed by atoms with Gasteiger partial charge in [0.1, 0.15) is 6.04 Å². The van der Waals surface area contributed by atoms with Crippen LogP contribution < -0.4 is 0 Å². The molecule has 0 aromatic rings. The average molecular weight is 215 g/mol. The molecule has 1 aliphatic rings. The highest BCUT2D eigenvalue weighted by Crippen LogP contribution is 2.15. The van der Waals surface area contributed by atoms with Crippen molar-refractivity contribution in [2.24, 2.45) is 0 Å². The smallest absolute Gasteiger partial charge is 0.323 e. The average Bonchev–Trinajstić information content (AvgIpc) is 2.28. The summed E-state index contributed by atoms with van der Waals surface area (Å²) in [7, 11) is 1.98. The molecular formula is C11H21NO3. The second-order valence-corrected chi connectivity index (χ2v) is 3.94. The van der Waals surface area contributed by atoms with Crippen LogP contribution in [-0.2, 0) is 14.3 Å². The molecule has 1 aliphatic heterocycles. The van der Waals surface area contributed by atoms with Crippen molar-refractivity contribution in [2.75, 3.05) is 26.9 Å². The van der Waals surface area contributed by atoms with Crippen LogP contribution in [0.25, 0.3) is 0 Å². The summed E-state index contributed by atoms with van der Waals surface area (Å²) < 4.78 is 10.3. The van der Waals surface area contributed by atoms with Crippen LogP contribution in [0.1, 0.15) is 26.7 Å². The molecule has 1 rings (SSSR count). The van der Waals surface area contributed by atoms with Gasteiger partial charge in [0.2, 0.25) is 0 Å². The van der Waals surface area contributed by atoms with E-state index in [4.69, 9.17) is 9.47 Å². The van der Waals surface area contributed by atoms with Crippen LogP contribution in [0.15, 0.2) is 0 Å². The van der Waals surface area contributed by atoms with Gasteiger partial charge in [0.25, 0.3) is 0 Å². The molecule has 1 unspecified atom stereocenters. The van der Waals surface area contributed by atoms with Crippen molar-refractivity contribution in [2.45, 2.75) is 38.8 Å². The van der Waals surface area contributed by atoms with Gasteiger partial charge < -0.3 is 9.47 Å². The van der Waals surface area contributed by atoms with Gasteiger partial charge in [0.15, 0.2) is 0 Å². The Morgan fingerprint density at radius 3 is 2.67 bits per heavy atom. The number of ether oxygens (including phenoxy) is 2. The monoisotopic (exact) mass is 215 g/mol. The molecule has 0 aromatic heterocycles. The van der Waals surface area contributed by atoms with E-state index in [-0.39, 0.29) is 12.0 Å². The molecule has 15 heavy (non-hydrogen) atoms. The zero-order valence-electron chi connectivity index (χ0n) is 9.86. The Hall–Kier alpha value is -0.610. The number of esters is 1. The summed E-state index contributed by atoms with van der Waals surface area (Å²) in [6, 6.07) is 0.284. The predicted molar refractivity (Wildman–Crippen MR) is 57.7 cm³/mol. The number of hydrogen-bond acceptors (Lipinski definition) is 4. The molecule has 0 amide bonds. The van der Waals surface area contributed by atoms with Crippen molar-refractivity contribution in [3.63, 3.8) is 0 Å². The Balaban J connectivity index is 2.43. The van der Waals surface area contributed by atoms with Gasteiger partial charge in [-0.05, 0) is 33.7 Å². The van der Waals surface area contributed by atoms with Crippen LogP contribution in [0.4, 0.5) is 0 Å². The highest BCUT2D eigenvalue weighted by Gasteiger charge is 2.26. The van der Waals surface area contributed by atoms with E-state index in [1.165, 1.54) is 0 Å². The standard InChI is InChI=1S/C11H21NO3/c1-4-15-11(13)9(2)12(3)10-5-7-14-8-6-10/h9-10H,4-8H2,1-3H3. The molecule has 0 saturated carbocycles. The van der Waals surface area contributed by atoms with Crippen molar-refractivity contribution in [3.8, 4) is 0 Å². The van der Waals surface area contributed by atoms with Gasteiger partial charge in [0, 0.05) is 19.3 Å². The summed E-state index contributed by atoms with van der Waals surface area (Å²) in [6.45, 7) is 5.77. The minimum Gasteiger partial charge on any atom is -0.465 e. The topological polar surface area (TPSA) is 38.8 Å². The third-order valence-electron chi connectivity index (χ3n) is 3.01. The lowest BCUT2D eigenvalue weighted by Crippen LogP contribution is -2.46. The normalized spacial score (nSPS) is 20.3. The molecule has 0 aliphatic carbocycles. The van der Waals surface area contributed by atoms with Crippen LogP contribution in [0.2, 0.25) is 0 Å². The summed E-state index contributed by atoms with van der Waals surface area (Å²) in [4.78, 5) is 13.6. The SMILES string of the molecule is CCOC(=O)C(C)N(C)C1CCOCC1. The van der Waals surface area contributed by atoms with E-state index in [2.05, 4.69) is 4.90 Å². The first-order valence-corrected chi connectivity index (χ1v) is 5.63. The second-order valence-electron chi connectivity index (χ2n) is 3.94. The molecule has 1 atom stereocenters. The van der Waals surface area contributed by atoms with E-state index >= 15 is 0 Å². The lowest BCUT2D eigenvalue weighted by molar-refractivity contribution is -0.149. The van der Waals surface area contributed by atoms with E-state index in [9.17, 15) is 4.79 Å². The van der Waals surface area contributed by atoms with Gasteiger partial charge in [-0.15, -0.1) is 0 Å². The zero-order valence-corrected chi connectivity index (χ0v) is 9.86. The Kier molecular flexibility index (Phi) is 5.05. The van der Waals surface area contributed by atoms with E-state index in [0.717, 1.165) is 26.1 Å². The van der Waals surface area contributed by atoms with Gasteiger partial charge in [-0.3, -0.25) is 9.69 Å². The molecule has 1 saturated heterocycles. The zero-order chi connectivity index (χ0) is 11.3. The number of carbonyl (C=O) groups is 1. The number of hydrogen-bond donors (Lipinski definition) is 0. The maximum atomic E-state index is 11.5. The maximum absolute atomic E-state index is 11.5. The lowest BCUT2D eigenvalue weighted by atomic mass is 10.1. The number of carbonyl (C=O) groups excluding carboxylic acids is 1. The predicted octanol–water partition coefficient (Wildman–Crippen LogP) is 1.05. The molecule has 0 radical (unpaired) electrons. The van der Waals surface area contributed by atoms with Crippen molar-refractivity contribution in [3.05, 3.63) is 0 Å². The lowest BCUT2D eigenvalue weighted by Gasteiger charge is -2.34. The van der Waals surface area contributed by atoms with Gasteiger partial charge in [-0.1, -0.05) is 0 Å². The first-order chi connectivity index (χ1) is 7.16. The molecule has 88 valence electrons. The minimum atomic E-state index is -0.159. The highest BCUT2D eigenvalue weighted by molar-refractivity contribution is 5.75. The summed E-state index contributed by atoms with van der Waals surface area (Å²) in [5, 5.41) is 0. The largest absolute Gasteiger partial charge is 0.465 e. The van der Waals surface area contributed by atoms with Crippen LogP contribution >= 0.6 is 0 Å². The first-order valence-electron chi connectivity index (χ1n) is 5.63. The van der Waals surface area contributed by atoms with Crippen LogP contribution in [0.5, 0.6) is 0 Å². The number of likely N-dealkylation sites (N-methyl/N-ethyl adjacent to an activating group) is 1. The molecule has 0 aromatic carbocycles. The summed E-state index contributed by atoms with van der Waals surface area (Å²) >= 11 is 0. The molecular weight excluding hydrogens is 194 g/mol. The van der Waals surface area contributed by atoms with Crippen molar-refractivity contribution >= 4 is 5.97 Å².